The van der Waals surface area contributed by atoms with E-state index in [4.69, 9.17) is 25.5 Å². The highest BCUT2D eigenvalue weighted by molar-refractivity contribution is 7.16. The van der Waals surface area contributed by atoms with Gasteiger partial charge in [-0.3, -0.25) is 4.79 Å². The second kappa shape index (κ2) is 8.41. The van der Waals surface area contributed by atoms with Crippen LogP contribution in [0, 0.1) is 0 Å². The summed E-state index contributed by atoms with van der Waals surface area (Å²) < 4.78 is 19.4. The molecule has 29 heavy (non-hydrogen) atoms. The van der Waals surface area contributed by atoms with Crippen LogP contribution in [-0.4, -0.2) is 30.8 Å². The maximum Gasteiger partial charge on any atom is 0.315 e. The molecule has 150 valence electrons. The minimum atomic E-state index is -0.453. The number of rotatable bonds is 6. The van der Waals surface area contributed by atoms with Crippen LogP contribution in [0.1, 0.15) is 17.5 Å². The number of amides is 1. The number of halogens is 1. The number of thiazole rings is 1. The van der Waals surface area contributed by atoms with Gasteiger partial charge in [0.05, 0.1) is 23.9 Å². The third-order valence-electron chi connectivity index (χ3n) is 4.44. The molecule has 0 saturated carbocycles. The highest BCUT2D eigenvalue weighted by Gasteiger charge is 2.15. The van der Waals surface area contributed by atoms with Crippen molar-refractivity contribution in [2.75, 3.05) is 20.3 Å². The number of fused-ring (bicyclic) bond motifs is 2. The van der Waals surface area contributed by atoms with E-state index >= 15 is 0 Å². The van der Waals surface area contributed by atoms with E-state index in [-0.39, 0.29) is 5.76 Å². The summed E-state index contributed by atoms with van der Waals surface area (Å²) in [6, 6.07) is 12.8. The molecule has 1 amide bonds. The number of carbonyl (C=O) groups excluding carboxylic acids is 1. The number of carbonyl (C=O) groups is 1. The van der Waals surface area contributed by atoms with Crippen molar-refractivity contribution in [2.45, 2.75) is 13.5 Å². The first kappa shape index (κ1) is 19.7. The molecule has 6 nitrogen and oxygen atoms in total. The number of para-hydroxylation sites is 1. The van der Waals surface area contributed by atoms with Gasteiger partial charge >= 0.3 is 5.91 Å². The lowest BCUT2D eigenvalue weighted by Gasteiger charge is -2.05. The molecule has 4 aromatic rings. The van der Waals surface area contributed by atoms with Gasteiger partial charge in [0, 0.05) is 23.6 Å². The molecule has 2 aromatic carbocycles. The number of nitrogens with zero attached hydrogens (tertiary/aromatic N) is 2. The minimum Gasteiger partial charge on any atom is -0.493 e. The monoisotopic (exact) mass is 430 g/mol. The predicted octanol–water partition coefficient (Wildman–Crippen LogP) is 4.89. The largest absolute Gasteiger partial charge is 0.493 e. The fraction of sp³-hybridized carbons (Fsp3) is 0.238. The zero-order valence-corrected chi connectivity index (χ0v) is 17.5. The SMILES string of the molecule is CCOCCn1c(=NC(=O)c2cc3cccc(OC)c3o2)sc2cc(Cl)ccc21. The zero-order chi connectivity index (χ0) is 20.4. The van der Waals surface area contributed by atoms with Gasteiger partial charge in [-0.25, -0.2) is 0 Å². The third-order valence-corrected chi connectivity index (χ3v) is 5.72. The first-order valence-electron chi connectivity index (χ1n) is 9.13. The first-order valence-corrected chi connectivity index (χ1v) is 10.3. The number of benzene rings is 2. The Balaban J connectivity index is 1.78. The fourth-order valence-electron chi connectivity index (χ4n) is 3.09. The molecule has 0 unspecified atom stereocenters. The number of furan rings is 1. The molecule has 0 bridgehead atoms. The van der Waals surface area contributed by atoms with Crippen LogP contribution in [0.5, 0.6) is 5.75 Å². The Morgan fingerprint density at radius 2 is 2.14 bits per heavy atom. The van der Waals surface area contributed by atoms with Crippen LogP contribution in [0.25, 0.3) is 21.2 Å². The van der Waals surface area contributed by atoms with E-state index in [1.807, 2.05) is 41.8 Å². The lowest BCUT2D eigenvalue weighted by Crippen LogP contribution is -2.19. The molecule has 0 saturated heterocycles. The second-order valence-electron chi connectivity index (χ2n) is 6.25. The molecule has 2 aromatic heterocycles. The summed E-state index contributed by atoms with van der Waals surface area (Å²) >= 11 is 7.53. The van der Waals surface area contributed by atoms with Crippen molar-refractivity contribution < 1.29 is 18.7 Å². The topological polar surface area (TPSA) is 66.0 Å². The van der Waals surface area contributed by atoms with Gasteiger partial charge in [0.25, 0.3) is 0 Å². The van der Waals surface area contributed by atoms with Crippen molar-refractivity contribution in [2.24, 2.45) is 4.99 Å². The molecule has 0 aliphatic carbocycles. The molecule has 0 atom stereocenters. The highest BCUT2D eigenvalue weighted by Crippen LogP contribution is 2.29. The van der Waals surface area contributed by atoms with Crippen molar-refractivity contribution >= 4 is 50.0 Å². The fourth-order valence-corrected chi connectivity index (χ4v) is 4.42. The van der Waals surface area contributed by atoms with Crippen LogP contribution in [0.3, 0.4) is 0 Å². The maximum absolute atomic E-state index is 12.8. The molecule has 4 rings (SSSR count). The van der Waals surface area contributed by atoms with Gasteiger partial charge in [-0.2, -0.15) is 4.99 Å². The molecular formula is C21H19ClN2O4S. The first-order chi connectivity index (χ1) is 14.1. The van der Waals surface area contributed by atoms with E-state index in [0.717, 1.165) is 15.6 Å². The van der Waals surface area contributed by atoms with Crippen molar-refractivity contribution in [3.05, 3.63) is 58.0 Å². The average molecular weight is 431 g/mol. The average Bonchev–Trinajstić information content (AvgIpc) is 3.29. The number of ether oxygens (including phenoxy) is 2. The Labute approximate surface area is 175 Å². The van der Waals surface area contributed by atoms with E-state index in [0.29, 0.717) is 40.9 Å². The standard InChI is InChI=1S/C21H19ClN2O4S/c1-3-27-10-9-24-15-8-7-14(22)12-18(15)29-21(24)23-20(25)17-11-13-5-4-6-16(26-2)19(13)28-17/h4-8,11-12H,3,9-10H2,1-2H3. The normalized spacial score (nSPS) is 12.2. The minimum absolute atomic E-state index is 0.163. The van der Waals surface area contributed by atoms with Crippen molar-refractivity contribution in [1.29, 1.82) is 0 Å². The smallest absolute Gasteiger partial charge is 0.315 e. The Morgan fingerprint density at radius 1 is 1.28 bits per heavy atom. The van der Waals surface area contributed by atoms with Crippen LogP contribution >= 0.6 is 22.9 Å². The molecule has 0 N–H and O–H groups in total. The summed E-state index contributed by atoms with van der Waals surface area (Å²) in [5, 5.41) is 1.42. The van der Waals surface area contributed by atoms with Gasteiger partial charge in [0.15, 0.2) is 21.9 Å². The Bertz CT molecular complexity index is 1250. The van der Waals surface area contributed by atoms with Gasteiger partial charge in [-0.05, 0) is 37.3 Å². The van der Waals surface area contributed by atoms with Crippen LogP contribution < -0.4 is 9.54 Å². The number of aromatic nitrogens is 1. The van der Waals surface area contributed by atoms with Crippen molar-refractivity contribution in [3.63, 3.8) is 0 Å². The molecule has 0 radical (unpaired) electrons. The van der Waals surface area contributed by atoms with E-state index < -0.39 is 5.91 Å². The quantitative estimate of drug-likeness (QED) is 0.408. The van der Waals surface area contributed by atoms with Crippen LogP contribution in [0.4, 0.5) is 0 Å². The lowest BCUT2D eigenvalue weighted by atomic mass is 10.2. The van der Waals surface area contributed by atoms with Gasteiger partial charge in [0.1, 0.15) is 0 Å². The van der Waals surface area contributed by atoms with Crippen molar-refractivity contribution in [1.82, 2.24) is 4.57 Å². The molecule has 8 heteroatoms. The van der Waals surface area contributed by atoms with Gasteiger partial charge in [-0.15, -0.1) is 0 Å². The summed E-state index contributed by atoms with van der Waals surface area (Å²) in [6.07, 6.45) is 0. The molecule has 0 spiro atoms. The van der Waals surface area contributed by atoms with Gasteiger partial charge < -0.3 is 18.5 Å². The van der Waals surface area contributed by atoms with E-state index in [1.165, 1.54) is 11.3 Å². The van der Waals surface area contributed by atoms with Crippen molar-refractivity contribution in [3.8, 4) is 5.75 Å². The van der Waals surface area contributed by atoms with Crippen LogP contribution in [0.2, 0.25) is 5.02 Å². The molecule has 0 aliphatic heterocycles. The van der Waals surface area contributed by atoms with Gasteiger partial charge in [0.2, 0.25) is 0 Å². The summed E-state index contributed by atoms with van der Waals surface area (Å²) in [5.74, 6) is 0.284. The number of methoxy groups -OCH3 is 1. The van der Waals surface area contributed by atoms with Crippen LogP contribution in [0.15, 0.2) is 51.9 Å². The Morgan fingerprint density at radius 3 is 2.93 bits per heavy atom. The summed E-state index contributed by atoms with van der Waals surface area (Å²) in [7, 11) is 1.56. The third kappa shape index (κ3) is 3.94. The summed E-state index contributed by atoms with van der Waals surface area (Å²) in [4.78, 5) is 17.7. The zero-order valence-electron chi connectivity index (χ0n) is 16.0. The number of hydrogen-bond donors (Lipinski definition) is 0. The van der Waals surface area contributed by atoms with E-state index in [9.17, 15) is 4.79 Å². The van der Waals surface area contributed by atoms with E-state index in [2.05, 4.69) is 4.99 Å². The summed E-state index contributed by atoms with van der Waals surface area (Å²) in [6.45, 7) is 3.67. The number of hydrogen-bond acceptors (Lipinski definition) is 5. The molecule has 2 heterocycles. The van der Waals surface area contributed by atoms with Crippen LogP contribution in [-0.2, 0) is 11.3 Å². The Kier molecular flexibility index (Phi) is 5.71. The summed E-state index contributed by atoms with van der Waals surface area (Å²) in [5.41, 5.74) is 1.48. The van der Waals surface area contributed by atoms with E-state index in [1.54, 1.807) is 19.2 Å². The second-order valence-corrected chi connectivity index (χ2v) is 7.70. The highest BCUT2D eigenvalue weighted by atomic mass is 35.5. The predicted molar refractivity (Wildman–Crippen MR) is 114 cm³/mol. The maximum atomic E-state index is 12.8. The molecular weight excluding hydrogens is 412 g/mol. The Hall–Kier alpha value is -2.61. The lowest BCUT2D eigenvalue weighted by molar-refractivity contribution is 0.0972. The molecule has 0 fully saturated rings. The van der Waals surface area contributed by atoms with Gasteiger partial charge in [-0.1, -0.05) is 35.1 Å². The molecule has 0 aliphatic rings.